The fourth-order valence-electron chi connectivity index (χ4n) is 4.47. The largest absolute Gasteiger partial charge is 0.366 e. The van der Waals surface area contributed by atoms with Gasteiger partial charge in [-0.2, -0.15) is 14.9 Å². The van der Waals surface area contributed by atoms with E-state index in [1.807, 2.05) is 30.6 Å². The summed E-state index contributed by atoms with van der Waals surface area (Å²) in [5.74, 6) is 2.83. The second kappa shape index (κ2) is 7.90. The number of hydrogen-bond acceptors (Lipinski definition) is 6. The third-order valence-electron chi connectivity index (χ3n) is 6.44. The molecule has 3 aromatic heterocycles. The van der Waals surface area contributed by atoms with Crippen LogP contribution in [0.5, 0.6) is 0 Å². The molecule has 0 aromatic carbocycles. The summed E-state index contributed by atoms with van der Waals surface area (Å²) in [4.78, 5) is 17.8. The van der Waals surface area contributed by atoms with Gasteiger partial charge in [0.1, 0.15) is 17.2 Å². The number of piperidine rings is 1. The van der Waals surface area contributed by atoms with Crippen LogP contribution >= 0.6 is 0 Å². The molecule has 1 aliphatic carbocycles. The predicted octanol–water partition coefficient (Wildman–Crippen LogP) is 2.96. The molecule has 5 heterocycles. The van der Waals surface area contributed by atoms with Crippen molar-refractivity contribution >= 4 is 23.7 Å². The number of nitrogens with one attached hydrogen (secondary N) is 3. The molecular weight excluding hydrogens is 404 g/mol. The number of aromatic nitrogens is 5. The maximum atomic E-state index is 13.2. The summed E-state index contributed by atoms with van der Waals surface area (Å²) in [6.45, 7) is 2.63. The van der Waals surface area contributed by atoms with Crippen molar-refractivity contribution in [2.24, 2.45) is 0 Å². The fraction of sp³-hybridized carbons (Fsp3) is 0.391. The maximum absolute atomic E-state index is 13.2. The van der Waals surface area contributed by atoms with E-state index < -0.39 is 0 Å². The number of anilines is 2. The van der Waals surface area contributed by atoms with Crippen LogP contribution in [0.1, 0.15) is 59.1 Å². The third-order valence-corrected chi connectivity index (χ3v) is 6.44. The molecule has 0 spiro atoms. The van der Waals surface area contributed by atoms with Crippen LogP contribution < -0.4 is 16.0 Å². The first kappa shape index (κ1) is 19.2. The Balaban J connectivity index is 1.33. The Morgan fingerprint density at radius 3 is 2.75 bits per heavy atom. The van der Waals surface area contributed by atoms with Gasteiger partial charge in [0.25, 0.3) is 5.91 Å². The minimum absolute atomic E-state index is 0.221. The van der Waals surface area contributed by atoms with Crippen LogP contribution in [-0.4, -0.2) is 50.1 Å². The van der Waals surface area contributed by atoms with Gasteiger partial charge in [0, 0.05) is 30.9 Å². The van der Waals surface area contributed by atoms with Crippen molar-refractivity contribution < 1.29 is 4.79 Å². The van der Waals surface area contributed by atoms with Crippen LogP contribution in [0.2, 0.25) is 0 Å². The predicted molar refractivity (Wildman–Crippen MR) is 122 cm³/mol. The van der Waals surface area contributed by atoms with Gasteiger partial charge < -0.3 is 16.0 Å². The van der Waals surface area contributed by atoms with Crippen molar-refractivity contribution in [2.75, 3.05) is 30.3 Å². The first-order chi connectivity index (χ1) is 15.8. The average molecular weight is 431 g/mol. The molecule has 1 saturated carbocycles. The van der Waals surface area contributed by atoms with Crippen LogP contribution in [-0.2, 0) is 0 Å². The summed E-state index contributed by atoms with van der Waals surface area (Å²) >= 11 is 0. The molecular formula is C23H26N8O. The van der Waals surface area contributed by atoms with Gasteiger partial charge in [-0.25, -0.2) is 9.67 Å². The first-order valence-corrected chi connectivity index (χ1v) is 11.3. The lowest BCUT2D eigenvalue weighted by Crippen LogP contribution is -2.26. The molecule has 32 heavy (non-hydrogen) atoms. The summed E-state index contributed by atoms with van der Waals surface area (Å²) in [6, 6.07) is 6.12. The van der Waals surface area contributed by atoms with Crippen LogP contribution in [0, 0.1) is 0 Å². The van der Waals surface area contributed by atoms with Gasteiger partial charge >= 0.3 is 0 Å². The van der Waals surface area contributed by atoms with Gasteiger partial charge in [-0.1, -0.05) is 6.07 Å². The summed E-state index contributed by atoms with van der Waals surface area (Å²) in [7, 11) is 0. The zero-order valence-corrected chi connectivity index (χ0v) is 17.8. The number of carbonyl (C=O) groups excluding carboxylic acids is 1. The van der Waals surface area contributed by atoms with Crippen molar-refractivity contribution in [3.8, 4) is 5.82 Å². The summed E-state index contributed by atoms with van der Waals surface area (Å²) in [5.41, 5.74) is 2.77. The molecule has 9 nitrogen and oxygen atoms in total. The maximum Gasteiger partial charge on any atom is 0.262 e. The molecule has 2 aliphatic heterocycles. The Morgan fingerprint density at radius 1 is 1.09 bits per heavy atom. The van der Waals surface area contributed by atoms with Crippen molar-refractivity contribution in [3.63, 3.8) is 0 Å². The van der Waals surface area contributed by atoms with Gasteiger partial charge in [0.15, 0.2) is 5.82 Å². The molecule has 6 rings (SSSR count). The minimum atomic E-state index is -0.221. The Labute approximate surface area is 185 Å². The number of hydrogen-bond donors (Lipinski definition) is 3. The normalized spacial score (nSPS) is 18.2. The molecule has 2 fully saturated rings. The van der Waals surface area contributed by atoms with Gasteiger partial charge in [-0.3, -0.25) is 4.79 Å². The lowest BCUT2D eigenvalue weighted by Gasteiger charge is -2.20. The van der Waals surface area contributed by atoms with Crippen LogP contribution in [0.4, 0.5) is 11.6 Å². The van der Waals surface area contributed by atoms with E-state index in [-0.39, 0.29) is 5.91 Å². The van der Waals surface area contributed by atoms with Crippen LogP contribution in [0.25, 0.3) is 12.0 Å². The quantitative estimate of drug-likeness (QED) is 0.575. The van der Waals surface area contributed by atoms with Crippen LogP contribution in [0.15, 0.2) is 36.7 Å². The Morgan fingerprint density at radius 2 is 1.97 bits per heavy atom. The number of carbonyl (C=O) groups is 1. The van der Waals surface area contributed by atoms with E-state index in [1.165, 1.54) is 18.4 Å². The minimum Gasteiger partial charge on any atom is -0.366 e. The Bertz CT molecular complexity index is 1170. The molecule has 0 unspecified atom stereocenters. The molecule has 0 radical (unpaired) electrons. The highest BCUT2D eigenvalue weighted by molar-refractivity contribution is 6.07. The highest BCUT2D eigenvalue weighted by atomic mass is 16.1. The van der Waals surface area contributed by atoms with Crippen molar-refractivity contribution in [1.82, 2.24) is 29.9 Å². The second-order valence-electron chi connectivity index (χ2n) is 8.69. The van der Waals surface area contributed by atoms with Crippen molar-refractivity contribution in [2.45, 2.75) is 37.5 Å². The molecule has 3 aliphatic rings. The van der Waals surface area contributed by atoms with E-state index in [2.05, 4.69) is 32.1 Å². The Hall–Kier alpha value is -3.46. The van der Waals surface area contributed by atoms with E-state index in [1.54, 1.807) is 15.6 Å². The van der Waals surface area contributed by atoms with Crippen molar-refractivity contribution in [3.05, 3.63) is 53.5 Å². The molecule has 1 saturated heterocycles. The summed E-state index contributed by atoms with van der Waals surface area (Å²) in [5, 5.41) is 18.8. The summed E-state index contributed by atoms with van der Waals surface area (Å²) in [6.07, 6.45) is 11.9. The van der Waals surface area contributed by atoms with Gasteiger partial charge in [-0.15, -0.1) is 0 Å². The van der Waals surface area contributed by atoms with Gasteiger partial charge in [-0.05, 0) is 62.4 Å². The molecule has 0 atom stereocenters. The topological polar surface area (TPSA) is 102 Å². The van der Waals surface area contributed by atoms with E-state index in [0.29, 0.717) is 41.4 Å². The van der Waals surface area contributed by atoms with Gasteiger partial charge in [0.2, 0.25) is 0 Å². The number of fused-ring (bicyclic) bond motifs is 1. The lowest BCUT2D eigenvalue weighted by molar-refractivity contribution is 0.102. The van der Waals surface area contributed by atoms with Crippen molar-refractivity contribution in [1.29, 1.82) is 0 Å². The molecule has 164 valence electrons. The number of rotatable bonds is 5. The van der Waals surface area contributed by atoms with E-state index >= 15 is 0 Å². The first-order valence-electron chi connectivity index (χ1n) is 11.3. The zero-order valence-electron chi connectivity index (χ0n) is 17.8. The lowest BCUT2D eigenvalue weighted by atomic mass is 9.95. The highest BCUT2D eigenvalue weighted by Gasteiger charge is 2.26. The molecule has 9 heteroatoms. The third kappa shape index (κ3) is 3.58. The van der Waals surface area contributed by atoms with Crippen LogP contribution in [0.3, 0.4) is 0 Å². The second-order valence-corrected chi connectivity index (χ2v) is 8.69. The molecule has 3 N–H and O–H groups in total. The standard InChI is InChI=1S/C23H26N8O/c32-23(18-14-27-30-11-1-8-25-22(18)30)28-21-12-19(16-6-9-24-10-7-16)29-31(21)20-5-4-17(13-26-20)15-2-3-15/h1,4-5,11-16,24-25H,2-3,6-10H2,(H,28,32). The molecule has 1 amide bonds. The Kier molecular flexibility index (Phi) is 4.75. The van der Waals surface area contributed by atoms with E-state index in [9.17, 15) is 4.79 Å². The zero-order chi connectivity index (χ0) is 21.5. The smallest absolute Gasteiger partial charge is 0.262 e. The highest BCUT2D eigenvalue weighted by Crippen LogP contribution is 2.39. The molecule has 3 aromatic rings. The summed E-state index contributed by atoms with van der Waals surface area (Å²) < 4.78 is 3.43. The molecule has 0 bridgehead atoms. The van der Waals surface area contributed by atoms with E-state index in [0.717, 1.165) is 31.6 Å². The fourth-order valence-corrected chi connectivity index (χ4v) is 4.47. The SMILES string of the molecule is O=C(Nc1cc(C2CCNCC2)nn1-c1ccc(C2CC2)cn1)c1cnn2c1NCC=C2. The number of nitrogens with zero attached hydrogens (tertiary/aromatic N) is 5. The number of pyridine rings is 1. The van der Waals surface area contributed by atoms with E-state index in [4.69, 9.17) is 5.10 Å². The van der Waals surface area contributed by atoms with Gasteiger partial charge in [0.05, 0.1) is 11.9 Å². The average Bonchev–Trinajstić information content (AvgIpc) is 3.47. The monoisotopic (exact) mass is 430 g/mol. The number of amides is 1.